The lowest BCUT2D eigenvalue weighted by Crippen LogP contribution is -2.28. The van der Waals surface area contributed by atoms with Crippen LogP contribution in [0.15, 0.2) is 18.2 Å². The van der Waals surface area contributed by atoms with Crippen LogP contribution >= 0.6 is 0 Å². The van der Waals surface area contributed by atoms with Gasteiger partial charge in [-0.3, -0.25) is 9.59 Å². The van der Waals surface area contributed by atoms with Gasteiger partial charge in [-0.05, 0) is 37.0 Å². The topological polar surface area (TPSA) is 87.1 Å². The number of nitrogens with zero attached hydrogens (tertiary/aromatic N) is 1. The van der Waals surface area contributed by atoms with Crippen molar-refractivity contribution in [2.75, 3.05) is 20.2 Å². The molecule has 0 aliphatic carbocycles. The lowest BCUT2D eigenvalue weighted by molar-refractivity contribution is -0.137. The summed E-state index contributed by atoms with van der Waals surface area (Å²) in [5, 5.41) is 18.4. The van der Waals surface area contributed by atoms with Gasteiger partial charge < -0.3 is 19.8 Å². The molecular formula is C15H19NO5. The van der Waals surface area contributed by atoms with Gasteiger partial charge in [0.25, 0.3) is 5.91 Å². The highest BCUT2D eigenvalue weighted by Gasteiger charge is 2.27. The van der Waals surface area contributed by atoms with Crippen molar-refractivity contribution >= 4 is 11.9 Å². The molecule has 0 aromatic heterocycles. The molecule has 1 amide bonds. The van der Waals surface area contributed by atoms with E-state index < -0.39 is 5.97 Å². The van der Waals surface area contributed by atoms with Crippen molar-refractivity contribution in [3.8, 4) is 11.5 Å². The molecule has 0 saturated carbocycles. The van der Waals surface area contributed by atoms with Gasteiger partial charge in [0.1, 0.15) is 0 Å². The van der Waals surface area contributed by atoms with Crippen LogP contribution in [0.4, 0.5) is 0 Å². The van der Waals surface area contributed by atoms with E-state index in [9.17, 15) is 14.7 Å². The van der Waals surface area contributed by atoms with Crippen molar-refractivity contribution in [1.29, 1.82) is 0 Å². The number of ether oxygens (including phenoxy) is 1. The zero-order valence-electron chi connectivity index (χ0n) is 11.9. The third-order valence-electron chi connectivity index (χ3n) is 3.77. The molecule has 1 saturated heterocycles. The van der Waals surface area contributed by atoms with Gasteiger partial charge in [0.2, 0.25) is 0 Å². The number of carboxylic acids is 1. The summed E-state index contributed by atoms with van der Waals surface area (Å²) in [5.74, 6) is -0.459. The molecule has 1 aromatic carbocycles. The van der Waals surface area contributed by atoms with Gasteiger partial charge in [-0.1, -0.05) is 0 Å². The Morgan fingerprint density at radius 3 is 2.81 bits per heavy atom. The molecule has 1 aliphatic rings. The third kappa shape index (κ3) is 3.65. The van der Waals surface area contributed by atoms with Crippen LogP contribution in [0.1, 0.15) is 29.6 Å². The van der Waals surface area contributed by atoms with Crippen molar-refractivity contribution < 1.29 is 24.5 Å². The van der Waals surface area contributed by atoms with Crippen LogP contribution in [0.3, 0.4) is 0 Å². The fourth-order valence-corrected chi connectivity index (χ4v) is 2.59. The van der Waals surface area contributed by atoms with E-state index in [0.717, 1.165) is 6.42 Å². The maximum atomic E-state index is 12.3. The Bertz CT molecular complexity index is 543. The highest BCUT2D eigenvalue weighted by Crippen LogP contribution is 2.28. The number of phenolic OH excluding ortho intramolecular Hbond substituents is 1. The van der Waals surface area contributed by atoms with Crippen molar-refractivity contribution in [2.24, 2.45) is 5.92 Å². The summed E-state index contributed by atoms with van der Waals surface area (Å²) in [5.41, 5.74) is 0.409. The standard InChI is InChI=1S/C15H19NO5/c1-21-13-4-3-11(8-12(13)17)15(20)16-7-6-10(9-16)2-5-14(18)19/h3-4,8,10,17H,2,5-7,9H2,1H3,(H,18,19). The smallest absolute Gasteiger partial charge is 0.303 e. The molecule has 0 radical (unpaired) electrons. The predicted molar refractivity (Wildman–Crippen MR) is 75.5 cm³/mol. The minimum absolute atomic E-state index is 0.0648. The zero-order chi connectivity index (χ0) is 15.4. The van der Waals surface area contributed by atoms with Crippen LogP contribution in [-0.2, 0) is 4.79 Å². The molecular weight excluding hydrogens is 274 g/mol. The van der Waals surface area contributed by atoms with Crippen LogP contribution in [0.25, 0.3) is 0 Å². The minimum atomic E-state index is -0.806. The number of aromatic hydroxyl groups is 1. The quantitative estimate of drug-likeness (QED) is 0.863. The Hall–Kier alpha value is -2.24. The number of hydrogen-bond donors (Lipinski definition) is 2. The number of methoxy groups -OCH3 is 1. The molecule has 1 unspecified atom stereocenters. The molecule has 0 spiro atoms. The maximum absolute atomic E-state index is 12.3. The normalized spacial score (nSPS) is 17.8. The van der Waals surface area contributed by atoms with Gasteiger partial charge in [-0.15, -0.1) is 0 Å². The zero-order valence-corrected chi connectivity index (χ0v) is 11.9. The number of amides is 1. The van der Waals surface area contributed by atoms with Gasteiger partial charge in [-0.25, -0.2) is 0 Å². The number of carbonyl (C=O) groups excluding carboxylic acids is 1. The van der Waals surface area contributed by atoms with Crippen LogP contribution < -0.4 is 4.74 Å². The van der Waals surface area contributed by atoms with Gasteiger partial charge in [0, 0.05) is 25.1 Å². The van der Waals surface area contributed by atoms with E-state index in [-0.39, 0.29) is 24.0 Å². The van der Waals surface area contributed by atoms with Crippen LogP contribution in [0.5, 0.6) is 11.5 Å². The summed E-state index contributed by atoms with van der Waals surface area (Å²) in [6, 6.07) is 4.57. The summed E-state index contributed by atoms with van der Waals surface area (Å²) >= 11 is 0. The molecule has 0 bridgehead atoms. The van der Waals surface area contributed by atoms with Gasteiger partial charge >= 0.3 is 5.97 Å². The van der Waals surface area contributed by atoms with Crippen molar-refractivity contribution in [2.45, 2.75) is 19.3 Å². The fraction of sp³-hybridized carbons (Fsp3) is 0.467. The number of carboxylic acid groups (broad SMARTS) is 1. The van der Waals surface area contributed by atoms with E-state index in [4.69, 9.17) is 9.84 Å². The van der Waals surface area contributed by atoms with Crippen LogP contribution in [-0.4, -0.2) is 47.2 Å². The van der Waals surface area contributed by atoms with Crippen LogP contribution in [0, 0.1) is 5.92 Å². The van der Waals surface area contributed by atoms with E-state index in [1.165, 1.54) is 13.2 Å². The van der Waals surface area contributed by atoms with Crippen molar-refractivity contribution in [3.63, 3.8) is 0 Å². The fourth-order valence-electron chi connectivity index (χ4n) is 2.59. The second kappa shape index (κ2) is 6.47. The Morgan fingerprint density at radius 2 is 2.19 bits per heavy atom. The first-order chi connectivity index (χ1) is 10.0. The molecule has 1 heterocycles. The van der Waals surface area contributed by atoms with Crippen LogP contribution in [0.2, 0.25) is 0 Å². The Labute approximate surface area is 122 Å². The van der Waals surface area contributed by atoms with E-state index in [2.05, 4.69) is 0 Å². The summed E-state index contributed by atoms with van der Waals surface area (Å²) in [6.07, 6.45) is 1.55. The molecule has 6 heteroatoms. The Balaban J connectivity index is 1.98. The molecule has 2 N–H and O–H groups in total. The van der Waals surface area contributed by atoms with Gasteiger partial charge in [0.15, 0.2) is 11.5 Å². The maximum Gasteiger partial charge on any atom is 0.303 e. The van der Waals surface area contributed by atoms with Gasteiger partial charge in [-0.2, -0.15) is 0 Å². The summed E-state index contributed by atoms with van der Waals surface area (Å²) in [7, 11) is 1.45. The van der Waals surface area contributed by atoms with E-state index in [1.54, 1.807) is 17.0 Å². The van der Waals surface area contributed by atoms with E-state index in [0.29, 0.717) is 30.8 Å². The van der Waals surface area contributed by atoms with E-state index >= 15 is 0 Å². The van der Waals surface area contributed by atoms with E-state index in [1.807, 2.05) is 0 Å². The summed E-state index contributed by atoms with van der Waals surface area (Å²) in [6.45, 7) is 1.19. The average molecular weight is 293 g/mol. The molecule has 1 aliphatic heterocycles. The number of hydrogen-bond acceptors (Lipinski definition) is 4. The van der Waals surface area contributed by atoms with Gasteiger partial charge in [0.05, 0.1) is 7.11 Å². The number of rotatable bonds is 5. The molecule has 1 atom stereocenters. The average Bonchev–Trinajstić information content (AvgIpc) is 2.93. The number of carbonyl (C=O) groups is 2. The first-order valence-electron chi connectivity index (χ1n) is 6.89. The first-order valence-corrected chi connectivity index (χ1v) is 6.89. The second-order valence-corrected chi connectivity index (χ2v) is 5.22. The largest absolute Gasteiger partial charge is 0.504 e. The summed E-state index contributed by atoms with van der Waals surface area (Å²) < 4.78 is 4.95. The minimum Gasteiger partial charge on any atom is -0.504 e. The highest BCUT2D eigenvalue weighted by atomic mass is 16.5. The monoisotopic (exact) mass is 293 g/mol. The molecule has 1 aromatic rings. The number of aliphatic carboxylic acids is 1. The predicted octanol–water partition coefficient (Wildman–Crippen LogP) is 1.73. The second-order valence-electron chi connectivity index (χ2n) is 5.22. The lowest BCUT2D eigenvalue weighted by atomic mass is 10.0. The number of phenols is 1. The summed E-state index contributed by atoms with van der Waals surface area (Å²) in [4.78, 5) is 24.6. The Kier molecular flexibility index (Phi) is 4.67. The highest BCUT2D eigenvalue weighted by molar-refractivity contribution is 5.95. The molecule has 2 rings (SSSR count). The first kappa shape index (κ1) is 15.2. The van der Waals surface area contributed by atoms with Crippen molar-refractivity contribution in [3.05, 3.63) is 23.8 Å². The van der Waals surface area contributed by atoms with Crippen molar-refractivity contribution in [1.82, 2.24) is 4.90 Å². The molecule has 6 nitrogen and oxygen atoms in total. The SMILES string of the molecule is COc1ccc(C(=O)N2CCC(CCC(=O)O)C2)cc1O. The molecule has 114 valence electrons. The third-order valence-corrected chi connectivity index (χ3v) is 3.77. The Morgan fingerprint density at radius 1 is 1.43 bits per heavy atom. The molecule has 1 fully saturated rings. The number of benzene rings is 1. The number of likely N-dealkylation sites (tertiary alicyclic amines) is 1. The molecule has 21 heavy (non-hydrogen) atoms. The lowest BCUT2D eigenvalue weighted by Gasteiger charge is -2.17.